The van der Waals surface area contributed by atoms with Crippen molar-refractivity contribution in [1.82, 2.24) is 14.9 Å². The van der Waals surface area contributed by atoms with Gasteiger partial charge in [-0.2, -0.15) is 0 Å². The highest BCUT2D eigenvalue weighted by Gasteiger charge is 2.39. The van der Waals surface area contributed by atoms with Crippen molar-refractivity contribution < 1.29 is 18.3 Å². The zero-order valence-corrected chi connectivity index (χ0v) is 13.9. The Morgan fingerprint density at radius 3 is 2.88 bits per heavy atom. The fraction of sp³-hybridized carbons (Fsp3) is 0.222. The van der Waals surface area contributed by atoms with Crippen molar-refractivity contribution in [3.05, 3.63) is 42.5 Å². The topological polar surface area (TPSA) is 82.2 Å². The van der Waals surface area contributed by atoms with Crippen molar-refractivity contribution in [1.29, 1.82) is 0 Å². The fourth-order valence-electron chi connectivity index (χ4n) is 2.85. The van der Waals surface area contributed by atoms with Gasteiger partial charge in [0, 0.05) is 42.9 Å². The van der Waals surface area contributed by atoms with E-state index in [1.165, 1.54) is 12.3 Å². The molecule has 0 bridgehead atoms. The Kier molecular flexibility index (Phi) is 3.75. The van der Waals surface area contributed by atoms with Crippen LogP contribution in [0.1, 0.15) is 6.42 Å². The first-order chi connectivity index (χ1) is 12.4. The third-order valence-electron chi connectivity index (χ3n) is 4.41. The number of fused-ring (bicyclic) bond motifs is 1. The summed E-state index contributed by atoms with van der Waals surface area (Å²) in [6, 6.07) is 6.20. The number of rotatable bonds is 3. The number of ether oxygens (including phenoxy) is 1. The monoisotopic (exact) mass is 358 g/mol. The molecule has 0 spiro atoms. The predicted molar refractivity (Wildman–Crippen MR) is 93.0 cm³/mol. The molecular weight excluding hydrogens is 342 g/mol. The number of nitrogens with two attached hydrogens (primary N) is 1. The van der Waals surface area contributed by atoms with Crippen LogP contribution >= 0.6 is 0 Å². The standard InChI is InChI=1S/C18H16F2N4O2/c1-24-4-2-3-14(24)10-5-9-6-15(22-8-11(9)17(21)16(10)20)26-18(25)23-13-7-12(13)19/h2-6,8,12-13H,7,21H2,1H3,(H,23,25). The van der Waals surface area contributed by atoms with Crippen molar-refractivity contribution in [3.63, 3.8) is 0 Å². The summed E-state index contributed by atoms with van der Waals surface area (Å²) in [5.41, 5.74) is 6.90. The average molecular weight is 358 g/mol. The molecular formula is C18H16F2N4O2. The minimum Gasteiger partial charge on any atom is -0.396 e. The maximum Gasteiger partial charge on any atom is 0.414 e. The summed E-state index contributed by atoms with van der Waals surface area (Å²) in [6.07, 6.45) is 1.63. The molecule has 2 atom stereocenters. The molecule has 2 aromatic heterocycles. The van der Waals surface area contributed by atoms with Crippen LogP contribution in [0.25, 0.3) is 22.0 Å². The Balaban J connectivity index is 1.69. The third kappa shape index (κ3) is 2.83. The summed E-state index contributed by atoms with van der Waals surface area (Å²) in [7, 11) is 1.80. The molecule has 1 saturated carbocycles. The number of nitrogens with zero attached hydrogens (tertiary/aromatic N) is 2. The van der Waals surface area contributed by atoms with E-state index in [2.05, 4.69) is 10.3 Å². The lowest BCUT2D eigenvalue weighted by Crippen LogP contribution is -2.30. The SMILES string of the molecule is Cn1cccc1-c1cc2cc(OC(=O)NC3CC3F)ncc2c(N)c1F. The van der Waals surface area contributed by atoms with Crippen molar-refractivity contribution in [3.8, 4) is 17.1 Å². The van der Waals surface area contributed by atoms with Crippen LogP contribution in [0, 0.1) is 5.82 Å². The van der Waals surface area contributed by atoms with Crippen LogP contribution in [0.4, 0.5) is 19.3 Å². The van der Waals surface area contributed by atoms with Gasteiger partial charge in [-0.1, -0.05) is 0 Å². The second-order valence-electron chi connectivity index (χ2n) is 6.29. The Hall–Kier alpha value is -3.16. The van der Waals surface area contributed by atoms with Crippen molar-refractivity contribution >= 4 is 22.6 Å². The molecule has 1 aliphatic carbocycles. The van der Waals surface area contributed by atoms with Crippen molar-refractivity contribution in [2.24, 2.45) is 7.05 Å². The molecule has 1 aliphatic rings. The van der Waals surface area contributed by atoms with Crippen LogP contribution in [-0.4, -0.2) is 27.9 Å². The first kappa shape index (κ1) is 16.3. The van der Waals surface area contributed by atoms with Gasteiger partial charge in [0.15, 0.2) is 5.82 Å². The Bertz CT molecular complexity index is 1020. The summed E-state index contributed by atoms with van der Waals surface area (Å²) in [6.45, 7) is 0. The maximum absolute atomic E-state index is 14.7. The average Bonchev–Trinajstić information content (AvgIpc) is 3.11. The molecule has 4 rings (SSSR count). The van der Waals surface area contributed by atoms with Gasteiger partial charge in [0.05, 0.1) is 17.4 Å². The number of anilines is 1. The molecule has 0 saturated heterocycles. The van der Waals surface area contributed by atoms with Gasteiger partial charge in [0.1, 0.15) is 6.17 Å². The van der Waals surface area contributed by atoms with Gasteiger partial charge in [0.25, 0.3) is 0 Å². The number of aryl methyl sites for hydroxylation is 1. The van der Waals surface area contributed by atoms with E-state index in [9.17, 15) is 13.6 Å². The number of alkyl halides is 1. The second kappa shape index (κ2) is 5.98. The van der Waals surface area contributed by atoms with Gasteiger partial charge in [-0.15, -0.1) is 0 Å². The smallest absolute Gasteiger partial charge is 0.396 e. The van der Waals surface area contributed by atoms with Crippen LogP contribution in [0.3, 0.4) is 0 Å². The van der Waals surface area contributed by atoms with Crippen LogP contribution in [0.15, 0.2) is 36.7 Å². The largest absolute Gasteiger partial charge is 0.414 e. The highest BCUT2D eigenvalue weighted by Crippen LogP contribution is 2.34. The molecule has 134 valence electrons. The lowest BCUT2D eigenvalue weighted by Gasteiger charge is -2.11. The van der Waals surface area contributed by atoms with Gasteiger partial charge in [-0.25, -0.2) is 18.6 Å². The van der Waals surface area contributed by atoms with Crippen LogP contribution in [0.2, 0.25) is 0 Å². The van der Waals surface area contributed by atoms with Crippen molar-refractivity contribution in [2.75, 3.05) is 5.73 Å². The molecule has 0 radical (unpaired) electrons. The van der Waals surface area contributed by atoms with E-state index in [-0.39, 0.29) is 18.0 Å². The third-order valence-corrected chi connectivity index (χ3v) is 4.41. The van der Waals surface area contributed by atoms with E-state index >= 15 is 0 Å². The zero-order chi connectivity index (χ0) is 18.4. The van der Waals surface area contributed by atoms with Crippen molar-refractivity contribution in [2.45, 2.75) is 18.6 Å². The summed E-state index contributed by atoms with van der Waals surface area (Å²) >= 11 is 0. The van der Waals surface area contributed by atoms with E-state index in [1.54, 1.807) is 36.0 Å². The first-order valence-corrected chi connectivity index (χ1v) is 8.06. The maximum atomic E-state index is 14.7. The highest BCUT2D eigenvalue weighted by atomic mass is 19.1. The minimum absolute atomic E-state index is 0.0231. The molecule has 26 heavy (non-hydrogen) atoms. The summed E-state index contributed by atoms with van der Waals surface area (Å²) in [4.78, 5) is 15.7. The van der Waals surface area contributed by atoms with Gasteiger partial charge >= 0.3 is 6.09 Å². The molecule has 2 heterocycles. The number of halogens is 2. The van der Waals surface area contributed by atoms with Gasteiger partial charge in [-0.3, -0.25) is 0 Å². The van der Waals surface area contributed by atoms with E-state index in [0.29, 0.717) is 22.0 Å². The zero-order valence-electron chi connectivity index (χ0n) is 13.9. The molecule has 1 aromatic carbocycles. The van der Waals surface area contributed by atoms with E-state index in [4.69, 9.17) is 10.5 Å². The summed E-state index contributed by atoms with van der Waals surface area (Å²) < 4.78 is 34.4. The minimum atomic E-state index is -1.03. The van der Waals surface area contributed by atoms with E-state index in [0.717, 1.165) is 0 Å². The highest BCUT2D eigenvalue weighted by molar-refractivity contribution is 5.97. The molecule has 1 fully saturated rings. The molecule has 0 aliphatic heterocycles. The number of hydrogen-bond donors (Lipinski definition) is 2. The number of carbonyl (C=O) groups is 1. The fourth-order valence-corrected chi connectivity index (χ4v) is 2.85. The molecule has 3 aromatic rings. The second-order valence-corrected chi connectivity index (χ2v) is 6.29. The van der Waals surface area contributed by atoms with E-state index in [1.807, 2.05) is 0 Å². The molecule has 8 heteroatoms. The number of pyridine rings is 1. The lowest BCUT2D eigenvalue weighted by molar-refractivity contribution is 0.197. The van der Waals surface area contributed by atoms with Crippen LogP contribution < -0.4 is 15.8 Å². The number of carbonyl (C=O) groups excluding carboxylic acids is 1. The first-order valence-electron chi connectivity index (χ1n) is 8.06. The summed E-state index contributed by atoms with van der Waals surface area (Å²) in [5, 5.41) is 3.39. The predicted octanol–water partition coefficient (Wildman–Crippen LogP) is 3.16. The number of aromatic nitrogens is 2. The van der Waals surface area contributed by atoms with Gasteiger partial charge in [-0.05, 0) is 23.6 Å². The molecule has 3 N–H and O–H groups in total. The lowest BCUT2D eigenvalue weighted by atomic mass is 10.0. The van der Waals surface area contributed by atoms with Crippen LogP contribution in [0.5, 0.6) is 5.88 Å². The Morgan fingerprint density at radius 1 is 1.46 bits per heavy atom. The Labute approximate surface area is 147 Å². The quantitative estimate of drug-likeness (QED) is 0.705. The Morgan fingerprint density at radius 2 is 2.23 bits per heavy atom. The summed E-state index contributed by atoms with van der Waals surface area (Å²) in [5.74, 6) is -0.509. The molecule has 2 unspecified atom stereocenters. The number of nitrogen functional groups attached to an aromatic ring is 1. The van der Waals surface area contributed by atoms with Gasteiger partial charge < -0.3 is 20.4 Å². The van der Waals surface area contributed by atoms with E-state index < -0.39 is 24.1 Å². The normalized spacial score (nSPS) is 18.7. The number of hydrogen-bond acceptors (Lipinski definition) is 4. The van der Waals surface area contributed by atoms with Crippen LogP contribution in [-0.2, 0) is 7.05 Å². The molecule has 6 nitrogen and oxygen atoms in total. The number of amides is 1. The van der Waals surface area contributed by atoms with Gasteiger partial charge in [0.2, 0.25) is 5.88 Å². The number of nitrogens with one attached hydrogen (secondary N) is 1. The number of benzene rings is 1. The molecule has 1 amide bonds.